The fraction of sp³-hybridized carbons (Fsp3) is 0. The van der Waals surface area contributed by atoms with Gasteiger partial charge in [0.2, 0.25) is 0 Å². The topological polar surface area (TPSA) is 22.8 Å². The number of fused-ring (bicyclic) bond motifs is 9. The van der Waals surface area contributed by atoms with Gasteiger partial charge in [-0.05, 0) is 129 Å². The first-order chi connectivity index (χ1) is 26.8. The summed E-state index contributed by atoms with van der Waals surface area (Å²) >= 11 is 0. The summed E-state index contributed by atoms with van der Waals surface area (Å²) in [6.07, 6.45) is 1.93. The van der Waals surface area contributed by atoms with Crippen molar-refractivity contribution in [2.45, 2.75) is 0 Å². The lowest BCUT2D eigenvalue weighted by atomic mass is 9.96. The average molecular weight is 686 g/mol. The molecule has 0 radical (unpaired) electrons. The summed E-state index contributed by atoms with van der Waals surface area (Å²) in [5.74, 6) is 0. The summed E-state index contributed by atoms with van der Waals surface area (Å²) in [5, 5.41) is 6.25. The Hall–Kier alpha value is -7.23. The van der Waals surface area contributed by atoms with Gasteiger partial charge in [-0.1, -0.05) is 97.1 Å². The van der Waals surface area contributed by atoms with E-state index in [-0.39, 0.29) is 0 Å². The van der Waals surface area contributed by atoms with E-state index in [0.717, 1.165) is 11.2 Å². The molecule has 0 bridgehead atoms. The molecule has 0 aliphatic heterocycles. The molecule has 0 saturated heterocycles. The van der Waals surface area contributed by atoms with Crippen LogP contribution in [0, 0.1) is 0 Å². The minimum absolute atomic E-state index is 1.05. The highest BCUT2D eigenvalue weighted by Gasteiger charge is 2.23. The molecule has 3 heterocycles. The van der Waals surface area contributed by atoms with Crippen molar-refractivity contribution in [2.24, 2.45) is 0 Å². The Morgan fingerprint density at radius 3 is 1.44 bits per heavy atom. The van der Waals surface area contributed by atoms with Crippen molar-refractivity contribution in [1.29, 1.82) is 0 Å². The van der Waals surface area contributed by atoms with Gasteiger partial charge < -0.3 is 9.13 Å². The van der Waals surface area contributed by atoms with Crippen LogP contribution in [0.5, 0.6) is 0 Å². The van der Waals surface area contributed by atoms with Gasteiger partial charge in [-0.25, -0.2) is 0 Å². The Bertz CT molecular complexity index is 3310. The van der Waals surface area contributed by atoms with Gasteiger partial charge in [0.15, 0.2) is 0 Å². The molecule has 3 heteroatoms. The molecular formula is C51H31N3. The summed E-state index contributed by atoms with van der Waals surface area (Å²) in [5.41, 5.74) is 18.1. The maximum atomic E-state index is 4.66. The van der Waals surface area contributed by atoms with Crippen molar-refractivity contribution in [3.05, 3.63) is 188 Å². The first-order valence-electron chi connectivity index (χ1n) is 18.5. The summed E-state index contributed by atoms with van der Waals surface area (Å²) < 4.78 is 4.78. The molecule has 1 aliphatic rings. The SMILES string of the molecule is c1ccc(-n2c3ccccc3c3cc(-c4ccc5c(c4)c4cc(-c6ccc7c(c6)-c6ccnc8cccc-7c68)ccc4n5-c4ccccc4)ccc32)cc1. The monoisotopic (exact) mass is 685 g/mol. The Labute approximate surface area is 311 Å². The second-order valence-corrected chi connectivity index (χ2v) is 14.4. The predicted octanol–water partition coefficient (Wildman–Crippen LogP) is 13.4. The number of rotatable bonds is 4. The van der Waals surface area contributed by atoms with Gasteiger partial charge in [-0.15, -0.1) is 0 Å². The molecule has 54 heavy (non-hydrogen) atoms. The van der Waals surface area contributed by atoms with Crippen LogP contribution in [-0.4, -0.2) is 14.1 Å². The van der Waals surface area contributed by atoms with E-state index in [2.05, 4.69) is 196 Å². The zero-order valence-electron chi connectivity index (χ0n) is 29.2. The zero-order chi connectivity index (χ0) is 35.3. The van der Waals surface area contributed by atoms with Crippen molar-refractivity contribution in [1.82, 2.24) is 14.1 Å². The maximum absolute atomic E-state index is 4.66. The molecule has 8 aromatic carbocycles. The third-order valence-corrected chi connectivity index (χ3v) is 11.5. The highest BCUT2D eigenvalue weighted by Crippen LogP contribution is 2.48. The molecule has 0 N–H and O–H groups in total. The largest absolute Gasteiger partial charge is 0.309 e. The van der Waals surface area contributed by atoms with E-state index in [4.69, 9.17) is 0 Å². The van der Waals surface area contributed by atoms with Crippen LogP contribution in [0.2, 0.25) is 0 Å². The van der Waals surface area contributed by atoms with Crippen molar-refractivity contribution in [3.63, 3.8) is 0 Å². The van der Waals surface area contributed by atoms with E-state index < -0.39 is 0 Å². The van der Waals surface area contributed by atoms with Crippen molar-refractivity contribution in [2.75, 3.05) is 0 Å². The Balaban J connectivity index is 1.05. The molecule has 250 valence electrons. The van der Waals surface area contributed by atoms with E-state index in [1.54, 1.807) is 0 Å². The van der Waals surface area contributed by atoms with Crippen LogP contribution in [0.1, 0.15) is 0 Å². The number of pyridine rings is 1. The van der Waals surface area contributed by atoms with Crippen LogP contribution in [0.3, 0.4) is 0 Å². The average Bonchev–Trinajstić information content (AvgIpc) is 3.87. The minimum Gasteiger partial charge on any atom is -0.309 e. The number of para-hydroxylation sites is 3. The van der Waals surface area contributed by atoms with Gasteiger partial charge >= 0.3 is 0 Å². The Morgan fingerprint density at radius 2 is 0.815 bits per heavy atom. The van der Waals surface area contributed by atoms with Crippen LogP contribution in [0.15, 0.2) is 188 Å². The fourth-order valence-electron chi connectivity index (χ4n) is 9.08. The van der Waals surface area contributed by atoms with E-state index in [1.165, 1.54) is 99.2 Å². The molecule has 0 atom stereocenters. The lowest BCUT2D eigenvalue weighted by molar-refractivity contribution is 1.18. The lowest BCUT2D eigenvalue weighted by Crippen LogP contribution is -1.93. The van der Waals surface area contributed by atoms with Crippen LogP contribution in [0.4, 0.5) is 0 Å². The van der Waals surface area contributed by atoms with Crippen molar-refractivity contribution in [3.8, 4) is 55.9 Å². The maximum Gasteiger partial charge on any atom is 0.0714 e. The van der Waals surface area contributed by atoms with Gasteiger partial charge in [0.25, 0.3) is 0 Å². The molecule has 3 nitrogen and oxygen atoms in total. The number of hydrogen-bond acceptors (Lipinski definition) is 1. The van der Waals surface area contributed by atoms with Gasteiger partial charge in [-0.3, -0.25) is 4.98 Å². The van der Waals surface area contributed by atoms with Gasteiger partial charge in [0.1, 0.15) is 0 Å². The summed E-state index contributed by atoms with van der Waals surface area (Å²) in [7, 11) is 0. The zero-order valence-corrected chi connectivity index (χ0v) is 29.2. The number of nitrogens with zero attached hydrogens (tertiary/aromatic N) is 3. The van der Waals surface area contributed by atoms with Crippen molar-refractivity contribution < 1.29 is 0 Å². The molecule has 0 fully saturated rings. The predicted molar refractivity (Wildman–Crippen MR) is 226 cm³/mol. The molecule has 12 rings (SSSR count). The molecule has 11 aromatic rings. The van der Waals surface area contributed by atoms with Crippen molar-refractivity contribution >= 4 is 54.5 Å². The van der Waals surface area contributed by atoms with E-state index in [0.29, 0.717) is 0 Å². The van der Waals surface area contributed by atoms with E-state index in [1.807, 2.05) is 6.20 Å². The summed E-state index contributed by atoms with van der Waals surface area (Å²) in [6, 6.07) is 66.6. The number of benzene rings is 8. The normalized spacial score (nSPS) is 12.1. The Morgan fingerprint density at radius 1 is 0.315 bits per heavy atom. The van der Waals surface area contributed by atoms with E-state index in [9.17, 15) is 0 Å². The standard InChI is InChI=1S/C51H31N3/c1-3-10-36(11-4-1)53-47-17-8-7-14-39(47)43-29-33(19-23-48(43)53)35-21-25-50-45(31-35)44-30-34(20-24-49(44)54(50)37-12-5-2-6-13-37)32-18-22-38-40-15-9-16-46-51(40)41(26-27-52-46)42(38)28-32/h1-31H. The number of aromatic nitrogens is 3. The van der Waals surface area contributed by atoms with Gasteiger partial charge in [0.05, 0.1) is 27.6 Å². The molecule has 0 saturated carbocycles. The van der Waals surface area contributed by atoms with Gasteiger partial charge in [0, 0.05) is 44.5 Å². The molecule has 1 aliphatic carbocycles. The number of hydrogen-bond donors (Lipinski definition) is 0. The molecule has 0 unspecified atom stereocenters. The quantitative estimate of drug-likeness (QED) is 0.181. The van der Waals surface area contributed by atoms with E-state index >= 15 is 0 Å². The lowest BCUT2D eigenvalue weighted by Gasteiger charge is -2.09. The van der Waals surface area contributed by atoms with Crippen LogP contribution < -0.4 is 0 Å². The second kappa shape index (κ2) is 11.1. The molecule has 0 spiro atoms. The summed E-state index contributed by atoms with van der Waals surface area (Å²) in [4.78, 5) is 4.66. The van der Waals surface area contributed by atoms with Crippen LogP contribution >= 0.6 is 0 Å². The first-order valence-corrected chi connectivity index (χ1v) is 18.5. The first kappa shape index (κ1) is 29.4. The Kier molecular flexibility index (Phi) is 6.05. The highest BCUT2D eigenvalue weighted by atomic mass is 15.0. The van der Waals surface area contributed by atoms with Crippen LogP contribution in [-0.2, 0) is 0 Å². The van der Waals surface area contributed by atoms with Crippen LogP contribution in [0.25, 0.3) is 110 Å². The smallest absolute Gasteiger partial charge is 0.0714 e. The second-order valence-electron chi connectivity index (χ2n) is 14.4. The fourth-order valence-corrected chi connectivity index (χ4v) is 9.08. The molecule has 0 amide bonds. The minimum atomic E-state index is 1.05. The highest BCUT2D eigenvalue weighted by molar-refractivity contribution is 6.16. The third kappa shape index (κ3) is 4.15. The van der Waals surface area contributed by atoms with Gasteiger partial charge in [-0.2, -0.15) is 0 Å². The molecule has 3 aromatic heterocycles. The summed E-state index contributed by atoms with van der Waals surface area (Å²) in [6.45, 7) is 0. The third-order valence-electron chi connectivity index (χ3n) is 11.5. The molecular weight excluding hydrogens is 655 g/mol.